The van der Waals surface area contributed by atoms with E-state index in [2.05, 4.69) is 15.0 Å². The second kappa shape index (κ2) is 7.04. The predicted octanol–water partition coefficient (Wildman–Crippen LogP) is 1.09. The van der Waals surface area contributed by atoms with Crippen molar-refractivity contribution in [2.75, 3.05) is 0 Å². The summed E-state index contributed by atoms with van der Waals surface area (Å²) in [7, 11) is 0. The van der Waals surface area contributed by atoms with Crippen molar-refractivity contribution in [3.8, 4) is 0 Å². The molecular formula is C15H18N6. The van der Waals surface area contributed by atoms with E-state index in [1.165, 1.54) is 5.56 Å². The first-order chi connectivity index (χ1) is 10.1. The Bertz CT molecular complexity index is 627. The number of pyridine rings is 1. The average molecular weight is 282 g/mol. The van der Waals surface area contributed by atoms with Crippen LogP contribution in [-0.4, -0.2) is 16.9 Å². The lowest BCUT2D eigenvalue weighted by atomic mass is 10.1. The molecule has 0 saturated carbocycles. The van der Waals surface area contributed by atoms with Gasteiger partial charge in [-0.25, -0.2) is 4.99 Å². The zero-order valence-electron chi connectivity index (χ0n) is 11.6. The van der Waals surface area contributed by atoms with Crippen molar-refractivity contribution in [1.82, 2.24) is 4.98 Å². The molecule has 0 amide bonds. The molecule has 0 aliphatic rings. The van der Waals surface area contributed by atoms with Crippen LogP contribution in [0, 0.1) is 0 Å². The summed E-state index contributed by atoms with van der Waals surface area (Å²) in [5.74, 6) is -0.0699. The molecule has 21 heavy (non-hydrogen) atoms. The lowest BCUT2D eigenvalue weighted by Crippen LogP contribution is -2.26. The van der Waals surface area contributed by atoms with Crippen LogP contribution in [0.25, 0.3) is 0 Å². The summed E-state index contributed by atoms with van der Waals surface area (Å²) in [6.45, 7) is 0. The van der Waals surface area contributed by atoms with E-state index in [1.54, 1.807) is 6.20 Å². The fourth-order valence-electron chi connectivity index (χ4n) is 1.85. The van der Waals surface area contributed by atoms with Crippen LogP contribution in [0.2, 0.25) is 0 Å². The van der Waals surface area contributed by atoms with Gasteiger partial charge in [-0.05, 0) is 42.7 Å². The number of nitrogens with zero attached hydrogens (tertiary/aromatic N) is 3. The summed E-state index contributed by atoms with van der Waals surface area (Å²) < 4.78 is 0. The Hall–Kier alpha value is -2.89. The molecule has 0 bridgehead atoms. The highest BCUT2D eigenvalue weighted by molar-refractivity contribution is 5.93. The smallest absolute Gasteiger partial charge is 0.223 e. The van der Waals surface area contributed by atoms with Gasteiger partial charge in [0.2, 0.25) is 5.96 Å². The lowest BCUT2D eigenvalue weighted by Gasteiger charge is -2.02. The molecule has 1 aromatic carbocycles. The first-order valence-electron chi connectivity index (χ1n) is 6.56. The van der Waals surface area contributed by atoms with Gasteiger partial charge in [-0.15, -0.1) is 0 Å². The molecule has 0 fully saturated rings. The third kappa shape index (κ3) is 4.94. The molecule has 1 aromatic heterocycles. The highest BCUT2D eigenvalue weighted by Crippen LogP contribution is 2.14. The SMILES string of the molecule is NC(N)=NC(N)=Nc1ccc(CCc2ccccn2)cc1. The number of rotatable bonds is 4. The maximum absolute atomic E-state index is 5.57. The monoisotopic (exact) mass is 282 g/mol. The van der Waals surface area contributed by atoms with Gasteiger partial charge in [0.1, 0.15) is 0 Å². The van der Waals surface area contributed by atoms with Crippen LogP contribution in [-0.2, 0) is 12.8 Å². The number of hydrogen-bond acceptors (Lipinski definition) is 2. The zero-order valence-corrected chi connectivity index (χ0v) is 11.6. The molecule has 0 atom stereocenters. The van der Waals surface area contributed by atoms with Crippen LogP contribution in [0.15, 0.2) is 58.6 Å². The van der Waals surface area contributed by atoms with Gasteiger partial charge in [0.05, 0.1) is 5.69 Å². The van der Waals surface area contributed by atoms with Crippen LogP contribution in [0.3, 0.4) is 0 Å². The van der Waals surface area contributed by atoms with E-state index >= 15 is 0 Å². The van der Waals surface area contributed by atoms with Gasteiger partial charge in [-0.2, -0.15) is 4.99 Å². The van der Waals surface area contributed by atoms with E-state index in [-0.39, 0.29) is 11.9 Å². The number of aromatic nitrogens is 1. The summed E-state index contributed by atoms with van der Waals surface area (Å²) in [5.41, 5.74) is 19.0. The third-order valence-electron chi connectivity index (χ3n) is 2.82. The van der Waals surface area contributed by atoms with Gasteiger partial charge in [-0.3, -0.25) is 4.98 Å². The number of nitrogens with two attached hydrogens (primary N) is 3. The fraction of sp³-hybridized carbons (Fsp3) is 0.133. The summed E-state index contributed by atoms with van der Waals surface area (Å²) in [4.78, 5) is 12.1. The summed E-state index contributed by atoms with van der Waals surface area (Å²) in [5, 5.41) is 0. The normalized spacial score (nSPS) is 11.1. The first-order valence-corrected chi connectivity index (χ1v) is 6.56. The van der Waals surface area contributed by atoms with Crippen LogP contribution in [0.1, 0.15) is 11.3 Å². The Morgan fingerprint density at radius 3 is 2.33 bits per heavy atom. The molecule has 0 aliphatic heterocycles. The first kappa shape index (κ1) is 14.5. The van der Waals surface area contributed by atoms with E-state index in [9.17, 15) is 0 Å². The highest BCUT2D eigenvalue weighted by atomic mass is 15.1. The molecule has 0 aliphatic carbocycles. The van der Waals surface area contributed by atoms with Crippen molar-refractivity contribution in [1.29, 1.82) is 0 Å². The number of guanidine groups is 2. The minimum atomic E-state index is -0.108. The van der Waals surface area contributed by atoms with Gasteiger partial charge in [0.15, 0.2) is 5.96 Å². The molecule has 0 radical (unpaired) electrons. The van der Waals surface area contributed by atoms with E-state index in [0.29, 0.717) is 5.69 Å². The Labute approximate surface area is 123 Å². The Kier molecular flexibility index (Phi) is 4.87. The largest absolute Gasteiger partial charge is 0.370 e. The Balaban J connectivity index is 1.98. The number of aryl methyl sites for hydroxylation is 2. The van der Waals surface area contributed by atoms with E-state index in [0.717, 1.165) is 18.5 Å². The predicted molar refractivity (Wildman–Crippen MR) is 85.2 cm³/mol. The third-order valence-corrected chi connectivity index (χ3v) is 2.82. The topological polar surface area (TPSA) is 116 Å². The molecule has 108 valence electrons. The van der Waals surface area contributed by atoms with Gasteiger partial charge < -0.3 is 17.2 Å². The summed E-state index contributed by atoms with van der Waals surface area (Å²) in [6.07, 6.45) is 3.63. The van der Waals surface area contributed by atoms with Crippen LogP contribution in [0.4, 0.5) is 5.69 Å². The molecule has 6 N–H and O–H groups in total. The number of benzene rings is 1. The molecule has 0 spiro atoms. The minimum absolute atomic E-state index is 0.0382. The summed E-state index contributed by atoms with van der Waals surface area (Å²) in [6, 6.07) is 13.7. The second-order valence-electron chi connectivity index (χ2n) is 4.49. The maximum atomic E-state index is 5.57. The van der Waals surface area contributed by atoms with Gasteiger partial charge in [0, 0.05) is 11.9 Å². The average Bonchev–Trinajstić information content (AvgIpc) is 2.47. The molecule has 2 rings (SSSR count). The second-order valence-corrected chi connectivity index (χ2v) is 4.49. The highest BCUT2D eigenvalue weighted by Gasteiger charge is 1.98. The van der Waals surface area contributed by atoms with Gasteiger partial charge in [0.25, 0.3) is 0 Å². The van der Waals surface area contributed by atoms with Crippen molar-refractivity contribution in [3.05, 3.63) is 59.9 Å². The van der Waals surface area contributed by atoms with Crippen molar-refractivity contribution < 1.29 is 0 Å². The van der Waals surface area contributed by atoms with Crippen LogP contribution >= 0.6 is 0 Å². The molecule has 6 nitrogen and oxygen atoms in total. The van der Waals surface area contributed by atoms with Crippen LogP contribution < -0.4 is 17.2 Å². The van der Waals surface area contributed by atoms with Crippen molar-refractivity contribution in [3.63, 3.8) is 0 Å². The number of hydrogen-bond donors (Lipinski definition) is 3. The molecule has 0 saturated heterocycles. The Morgan fingerprint density at radius 1 is 0.952 bits per heavy atom. The maximum Gasteiger partial charge on any atom is 0.223 e. The molecule has 0 unspecified atom stereocenters. The van der Waals surface area contributed by atoms with Gasteiger partial charge >= 0.3 is 0 Å². The van der Waals surface area contributed by atoms with Crippen molar-refractivity contribution in [2.45, 2.75) is 12.8 Å². The zero-order chi connectivity index (χ0) is 15.1. The van der Waals surface area contributed by atoms with Crippen LogP contribution in [0.5, 0.6) is 0 Å². The van der Waals surface area contributed by atoms with E-state index in [4.69, 9.17) is 17.2 Å². The van der Waals surface area contributed by atoms with E-state index < -0.39 is 0 Å². The molecule has 2 aromatic rings. The standard InChI is InChI=1S/C15H18N6/c16-14(17)21-15(18)20-13-8-5-11(6-9-13)4-7-12-3-1-2-10-19-12/h1-3,5-6,8-10H,4,7H2,(H6,16,17,18,20,21). The quantitative estimate of drug-likeness (QED) is 0.575. The minimum Gasteiger partial charge on any atom is -0.370 e. The Morgan fingerprint density at radius 2 is 1.71 bits per heavy atom. The fourth-order valence-corrected chi connectivity index (χ4v) is 1.85. The van der Waals surface area contributed by atoms with E-state index in [1.807, 2.05) is 42.5 Å². The van der Waals surface area contributed by atoms with Gasteiger partial charge in [-0.1, -0.05) is 18.2 Å². The molecular weight excluding hydrogens is 264 g/mol. The summed E-state index contributed by atoms with van der Waals surface area (Å²) >= 11 is 0. The van der Waals surface area contributed by atoms with Crippen molar-refractivity contribution >= 4 is 17.6 Å². The molecule has 6 heteroatoms. The molecule has 1 heterocycles. The van der Waals surface area contributed by atoms with Crippen molar-refractivity contribution in [2.24, 2.45) is 27.2 Å². The number of aliphatic imine (C=N–C) groups is 2. The lowest BCUT2D eigenvalue weighted by molar-refractivity contribution is 0.914.